The summed E-state index contributed by atoms with van der Waals surface area (Å²) in [6.07, 6.45) is 2.53. The number of pyridine rings is 1. The number of anilines is 1. The molecule has 1 aliphatic heterocycles. The summed E-state index contributed by atoms with van der Waals surface area (Å²) in [5.41, 5.74) is 2.41. The molecule has 0 atom stereocenters. The maximum atomic E-state index is 12.3. The van der Waals surface area contributed by atoms with E-state index >= 15 is 0 Å². The van der Waals surface area contributed by atoms with Crippen LogP contribution in [0, 0.1) is 0 Å². The summed E-state index contributed by atoms with van der Waals surface area (Å²) in [5.74, 6) is -0.188. The summed E-state index contributed by atoms with van der Waals surface area (Å²) in [6.45, 7) is 3.38. The van der Waals surface area contributed by atoms with Crippen molar-refractivity contribution in [3.8, 4) is 0 Å². The molecule has 2 heterocycles. The molecule has 24 heavy (non-hydrogen) atoms. The van der Waals surface area contributed by atoms with E-state index in [-0.39, 0.29) is 5.91 Å². The van der Waals surface area contributed by atoms with Gasteiger partial charge in [0, 0.05) is 44.6 Å². The Bertz CT molecular complexity index is 697. The highest BCUT2D eigenvalue weighted by atomic mass is 16.2. The Labute approximate surface area is 141 Å². The highest BCUT2D eigenvalue weighted by molar-refractivity contribution is 5.93. The Morgan fingerprint density at radius 1 is 1.12 bits per heavy atom. The second-order valence-corrected chi connectivity index (χ2v) is 5.70. The van der Waals surface area contributed by atoms with Gasteiger partial charge in [-0.25, -0.2) is 0 Å². The Balaban J connectivity index is 1.62. The predicted molar refractivity (Wildman–Crippen MR) is 91.7 cm³/mol. The van der Waals surface area contributed by atoms with Crippen LogP contribution in [0.2, 0.25) is 0 Å². The minimum Gasteiger partial charge on any atom is -0.368 e. The van der Waals surface area contributed by atoms with Crippen LogP contribution in [0.15, 0.2) is 48.7 Å². The number of carbonyl (C=O) groups excluding carboxylic acids is 2. The van der Waals surface area contributed by atoms with Crippen molar-refractivity contribution in [1.82, 2.24) is 15.2 Å². The summed E-state index contributed by atoms with van der Waals surface area (Å²) < 4.78 is 0. The van der Waals surface area contributed by atoms with Gasteiger partial charge in [0.1, 0.15) is 5.69 Å². The number of hydrogen-bond donors (Lipinski definition) is 1. The number of nitrogens with one attached hydrogen (secondary N) is 1. The third-order valence-electron chi connectivity index (χ3n) is 4.10. The van der Waals surface area contributed by atoms with Gasteiger partial charge in [-0.05, 0) is 17.7 Å². The van der Waals surface area contributed by atoms with Crippen LogP contribution in [0.5, 0.6) is 0 Å². The molecule has 0 saturated carbocycles. The number of piperazine rings is 1. The maximum absolute atomic E-state index is 12.3. The van der Waals surface area contributed by atoms with Gasteiger partial charge in [0.05, 0.1) is 0 Å². The summed E-state index contributed by atoms with van der Waals surface area (Å²) in [6, 6.07) is 13.5. The monoisotopic (exact) mass is 324 g/mol. The van der Waals surface area contributed by atoms with Crippen molar-refractivity contribution < 1.29 is 9.59 Å². The molecular formula is C18H20N4O2. The van der Waals surface area contributed by atoms with Crippen molar-refractivity contribution in [3.05, 3.63) is 59.9 Å². The van der Waals surface area contributed by atoms with Gasteiger partial charge in [-0.2, -0.15) is 0 Å². The van der Waals surface area contributed by atoms with Crippen molar-refractivity contribution in [3.63, 3.8) is 0 Å². The lowest BCUT2D eigenvalue weighted by molar-refractivity contribution is -0.118. The number of nitrogens with zero attached hydrogens (tertiary/aromatic N) is 3. The van der Waals surface area contributed by atoms with Gasteiger partial charge in [-0.1, -0.05) is 30.3 Å². The van der Waals surface area contributed by atoms with Crippen molar-refractivity contribution in [1.29, 1.82) is 0 Å². The molecule has 1 aromatic carbocycles. The van der Waals surface area contributed by atoms with Crippen molar-refractivity contribution in [2.24, 2.45) is 0 Å². The average molecular weight is 324 g/mol. The van der Waals surface area contributed by atoms with Gasteiger partial charge in [-0.15, -0.1) is 0 Å². The molecule has 0 radical (unpaired) electrons. The molecule has 124 valence electrons. The van der Waals surface area contributed by atoms with Crippen LogP contribution in [0.4, 0.5) is 5.69 Å². The molecule has 1 aromatic heterocycles. The van der Waals surface area contributed by atoms with Crippen LogP contribution < -0.4 is 10.2 Å². The molecule has 1 aliphatic rings. The van der Waals surface area contributed by atoms with Crippen molar-refractivity contribution in [2.45, 2.75) is 6.54 Å². The van der Waals surface area contributed by atoms with E-state index in [1.165, 1.54) is 0 Å². The molecule has 3 rings (SSSR count). The minimum absolute atomic E-state index is 0.188. The fourth-order valence-electron chi connectivity index (χ4n) is 2.69. The van der Waals surface area contributed by atoms with Crippen LogP contribution in [0.1, 0.15) is 16.1 Å². The van der Waals surface area contributed by atoms with E-state index in [9.17, 15) is 9.59 Å². The molecule has 6 heteroatoms. The second-order valence-electron chi connectivity index (χ2n) is 5.70. The first kappa shape index (κ1) is 16.0. The predicted octanol–water partition coefficient (Wildman–Crippen LogP) is 1.29. The molecule has 6 nitrogen and oxygen atoms in total. The lowest BCUT2D eigenvalue weighted by Crippen LogP contribution is -2.45. The lowest BCUT2D eigenvalue weighted by Gasteiger charge is -2.34. The summed E-state index contributed by atoms with van der Waals surface area (Å²) >= 11 is 0. The van der Waals surface area contributed by atoms with E-state index < -0.39 is 0 Å². The SMILES string of the molecule is O=CN1CCN(c2ccnc(C(=O)NCc3ccccc3)c2)CC1. The zero-order valence-electron chi connectivity index (χ0n) is 13.4. The van der Waals surface area contributed by atoms with E-state index in [0.717, 1.165) is 30.8 Å². The van der Waals surface area contributed by atoms with Crippen LogP contribution in [0.3, 0.4) is 0 Å². The molecule has 1 N–H and O–H groups in total. The summed E-state index contributed by atoms with van der Waals surface area (Å²) in [4.78, 5) is 31.2. The number of amides is 2. The number of benzene rings is 1. The van der Waals surface area contributed by atoms with Crippen LogP contribution in [0.25, 0.3) is 0 Å². The minimum atomic E-state index is -0.188. The number of aromatic nitrogens is 1. The van der Waals surface area contributed by atoms with Crippen LogP contribution in [-0.2, 0) is 11.3 Å². The molecule has 2 aromatic rings. The fourth-order valence-corrected chi connectivity index (χ4v) is 2.69. The average Bonchev–Trinajstić information content (AvgIpc) is 2.67. The van der Waals surface area contributed by atoms with Gasteiger partial charge in [0.25, 0.3) is 5.91 Å². The van der Waals surface area contributed by atoms with Crippen molar-refractivity contribution >= 4 is 18.0 Å². The molecule has 1 saturated heterocycles. The van der Waals surface area contributed by atoms with Gasteiger partial charge in [0.15, 0.2) is 0 Å². The smallest absolute Gasteiger partial charge is 0.270 e. The van der Waals surface area contributed by atoms with E-state index in [1.807, 2.05) is 36.4 Å². The maximum Gasteiger partial charge on any atom is 0.270 e. The first-order valence-electron chi connectivity index (χ1n) is 7.99. The zero-order chi connectivity index (χ0) is 16.8. The van der Waals surface area contributed by atoms with Crippen LogP contribution in [-0.4, -0.2) is 48.4 Å². The standard InChI is InChI=1S/C18H20N4O2/c23-14-21-8-10-22(11-9-21)16-6-7-19-17(12-16)18(24)20-13-15-4-2-1-3-5-15/h1-7,12,14H,8-11,13H2,(H,20,24). The molecule has 0 bridgehead atoms. The zero-order valence-corrected chi connectivity index (χ0v) is 13.4. The molecule has 2 amide bonds. The quantitative estimate of drug-likeness (QED) is 0.842. The summed E-state index contributed by atoms with van der Waals surface area (Å²) in [7, 11) is 0. The second kappa shape index (κ2) is 7.59. The third-order valence-corrected chi connectivity index (χ3v) is 4.10. The highest BCUT2D eigenvalue weighted by Gasteiger charge is 2.17. The highest BCUT2D eigenvalue weighted by Crippen LogP contribution is 2.16. The Morgan fingerprint density at radius 2 is 1.88 bits per heavy atom. The van der Waals surface area contributed by atoms with Gasteiger partial charge in [-0.3, -0.25) is 14.6 Å². The van der Waals surface area contributed by atoms with Gasteiger partial charge >= 0.3 is 0 Å². The molecule has 1 fully saturated rings. The summed E-state index contributed by atoms with van der Waals surface area (Å²) in [5, 5.41) is 2.89. The topological polar surface area (TPSA) is 65.5 Å². The number of rotatable bonds is 5. The fraction of sp³-hybridized carbons (Fsp3) is 0.278. The lowest BCUT2D eigenvalue weighted by atomic mass is 10.2. The van der Waals surface area contributed by atoms with Crippen LogP contribution >= 0.6 is 0 Å². The molecule has 0 unspecified atom stereocenters. The normalized spacial score (nSPS) is 14.3. The van der Waals surface area contributed by atoms with E-state index in [2.05, 4.69) is 15.2 Å². The molecular weight excluding hydrogens is 304 g/mol. The Hall–Kier alpha value is -2.89. The molecule has 0 aliphatic carbocycles. The molecule has 0 spiro atoms. The number of carbonyl (C=O) groups is 2. The van der Waals surface area contributed by atoms with Crippen molar-refractivity contribution in [2.75, 3.05) is 31.1 Å². The van der Waals surface area contributed by atoms with Gasteiger partial charge < -0.3 is 15.1 Å². The Morgan fingerprint density at radius 3 is 2.58 bits per heavy atom. The number of hydrogen-bond acceptors (Lipinski definition) is 4. The third kappa shape index (κ3) is 3.90. The Kier molecular flexibility index (Phi) is 5.05. The first-order valence-corrected chi connectivity index (χ1v) is 7.99. The first-order chi connectivity index (χ1) is 11.8. The van der Waals surface area contributed by atoms with E-state index in [0.29, 0.717) is 25.3 Å². The van der Waals surface area contributed by atoms with Gasteiger partial charge in [0.2, 0.25) is 6.41 Å². The largest absolute Gasteiger partial charge is 0.368 e. The van der Waals surface area contributed by atoms with E-state index in [4.69, 9.17) is 0 Å². The van der Waals surface area contributed by atoms with E-state index in [1.54, 1.807) is 17.2 Å².